The molecule has 0 saturated heterocycles. The number of benzene rings is 2. The highest BCUT2D eigenvalue weighted by Crippen LogP contribution is 2.37. The topological polar surface area (TPSA) is 112 Å². The molecule has 1 aliphatic carbocycles. The molecule has 0 radical (unpaired) electrons. The third kappa shape index (κ3) is 4.83. The fourth-order valence-corrected chi connectivity index (χ4v) is 4.71. The van der Waals surface area contributed by atoms with Gasteiger partial charge in [0, 0.05) is 29.3 Å². The Kier molecular flexibility index (Phi) is 6.08. The van der Waals surface area contributed by atoms with Crippen molar-refractivity contribution in [1.29, 1.82) is 0 Å². The van der Waals surface area contributed by atoms with E-state index < -0.39 is 5.97 Å². The van der Waals surface area contributed by atoms with Crippen LogP contribution in [0.25, 0.3) is 34.0 Å². The number of carboxylic acids is 1. The lowest BCUT2D eigenvalue weighted by atomic mass is 9.77. The van der Waals surface area contributed by atoms with E-state index in [1.54, 1.807) is 30.5 Å². The van der Waals surface area contributed by atoms with Gasteiger partial charge in [-0.15, -0.1) is 0 Å². The van der Waals surface area contributed by atoms with Gasteiger partial charge in [0.15, 0.2) is 11.6 Å². The van der Waals surface area contributed by atoms with Crippen molar-refractivity contribution >= 4 is 5.97 Å². The minimum Gasteiger partial charge on any atom is -0.508 e. The highest BCUT2D eigenvalue weighted by molar-refractivity contribution is 5.67. The van der Waals surface area contributed by atoms with Gasteiger partial charge in [-0.25, -0.2) is 4.98 Å². The number of aliphatic carboxylic acids is 1. The summed E-state index contributed by atoms with van der Waals surface area (Å²) in [6, 6.07) is 19.3. The zero-order chi connectivity index (χ0) is 23.5. The first-order chi connectivity index (χ1) is 16.5. The van der Waals surface area contributed by atoms with Gasteiger partial charge in [-0.3, -0.25) is 14.9 Å². The van der Waals surface area contributed by atoms with Crippen LogP contribution in [-0.2, 0) is 4.79 Å². The first kappa shape index (κ1) is 21.8. The third-order valence-corrected chi connectivity index (χ3v) is 6.64. The zero-order valence-electron chi connectivity index (χ0n) is 18.7. The molecule has 5 rings (SSSR count). The Hall–Kier alpha value is -4.00. The van der Waals surface area contributed by atoms with E-state index in [-0.39, 0.29) is 5.75 Å². The maximum atomic E-state index is 10.9. The molecule has 1 fully saturated rings. The molecule has 2 aromatic heterocycles. The van der Waals surface area contributed by atoms with E-state index in [9.17, 15) is 9.90 Å². The van der Waals surface area contributed by atoms with Crippen molar-refractivity contribution in [1.82, 2.24) is 20.2 Å². The molecular formula is C27H26N4O3. The smallest absolute Gasteiger partial charge is 0.303 e. The summed E-state index contributed by atoms with van der Waals surface area (Å²) in [6.07, 6.45) is 6.14. The average Bonchev–Trinajstić information content (AvgIpc) is 3.35. The molecule has 0 atom stereocenters. The predicted octanol–water partition coefficient (Wildman–Crippen LogP) is 5.65. The lowest BCUT2D eigenvalue weighted by Crippen LogP contribution is -2.16. The van der Waals surface area contributed by atoms with Crippen LogP contribution in [0.3, 0.4) is 0 Å². The van der Waals surface area contributed by atoms with Crippen molar-refractivity contribution in [3.8, 4) is 39.8 Å². The largest absolute Gasteiger partial charge is 0.508 e. The van der Waals surface area contributed by atoms with Crippen LogP contribution < -0.4 is 0 Å². The summed E-state index contributed by atoms with van der Waals surface area (Å²) in [7, 11) is 0. The van der Waals surface area contributed by atoms with Gasteiger partial charge in [0.1, 0.15) is 5.75 Å². The Morgan fingerprint density at radius 2 is 1.56 bits per heavy atom. The number of hydrogen-bond donors (Lipinski definition) is 3. The number of carbonyl (C=O) groups is 1. The molecule has 2 aromatic carbocycles. The van der Waals surface area contributed by atoms with Crippen LogP contribution in [0.5, 0.6) is 5.75 Å². The first-order valence-electron chi connectivity index (χ1n) is 11.6. The molecule has 0 unspecified atom stereocenters. The van der Waals surface area contributed by atoms with E-state index in [1.165, 1.54) is 5.56 Å². The van der Waals surface area contributed by atoms with Gasteiger partial charge in [-0.05, 0) is 79.5 Å². The molecule has 4 aromatic rings. The number of hydrogen-bond acceptors (Lipinski definition) is 5. The van der Waals surface area contributed by atoms with E-state index in [4.69, 9.17) is 5.11 Å². The molecule has 0 bridgehead atoms. The number of nitrogens with one attached hydrogen (secondary N) is 1. The minimum atomic E-state index is -0.688. The van der Waals surface area contributed by atoms with Crippen LogP contribution in [0.1, 0.15) is 43.6 Å². The number of aromatic amines is 1. The third-order valence-electron chi connectivity index (χ3n) is 6.64. The Balaban J connectivity index is 1.24. The standard InChI is InChI=1S/C27H26N4O3/c32-23-12-9-21(10-13-23)26-29-27(31-30-26)22-11-14-24(28-16-22)20-7-5-19(6-8-20)18-3-1-17(2-4-18)15-25(33)34/h5-14,16-18,32H,1-4,15H2,(H,33,34)(H,29,30,31)/t17-,18-. The summed E-state index contributed by atoms with van der Waals surface area (Å²) in [5.74, 6) is 1.53. The minimum absolute atomic E-state index is 0.204. The second-order valence-corrected chi connectivity index (χ2v) is 8.92. The number of phenolic OH excluding ortho intramolecular Hbond substituents is 1. The maximum absolute atomic E-state index is 10.9. The molecule has 3 N–H and O–H groups in total. The summed E-state index contributed by atoms with van der Waals surface area (Å²) >= 11 is 0. The number of pyridine rings is 1. The van der Waals surface area contributed by atoms with Crippen LogP contribution >= 0.6 is 0 Å². The van der Waals surface area contributed by atoms with Crippen LogP contribution in [-0.4, -0.2) is 36.3 Å². The fraction of sp³-hybridized carbons (Fsp3) is 0.259. The number of nitrogens with zero attached hydrogens (tertiary/aromatic N) is 3. The van der Waals surface area contributed by atoms with Gasteiger partial charge in [0.2, 0.25) is 0 Å². The van der Waals surface area contributed by atoms with E-state index >= 15 is 0 Å². The van der Waals surface area contributed by atoms with Crippen molar-refractivity contribution in [3.63, 3.8) is 0 Å². The molecule has 0 amide bonds. The second-order valence-electron chi connectivity index (χ2n) is 8.92. The Labute approximate surface area is 197 Å². The van der Waals surface area contributed by atoms with Gasteiger partial charge in [0.05, 0.1) is 5.69 Å². The van der Waals surface area contributed by atoms with Crippen LogP contribution in [0, 0.1) is 5.92 Å². The number of carboxylic acid groups (broad SMARTS) is 1. The SMILES string of the molecule is O=C(O)C[C@H]1CC[C@H](c2ccc(-c3ccc(-c4nc(-c5ccc(O)cc5)n[nH]4)cn3)cc2)CC1. The quantitative estimate of drug-likeness (QED) is 0.347. The lowest BCUT2D eigenvalue weighted by molar-refractivity contribution is -0.138. The summed E-state index contributed by atoms with van der Waals surface area (Å²) in [6.45, 7) is 0. The van der Waals surface area contributed by atoms with Crippen LogP contribution in [0.15, 0.2) is 66.9 Å². The number of phenols is 1. The lowest BCUT2D eigenvalue weighted by Gasteiger charge is -2.28. The predicted molar refractivity (Wildman–Crippen MR) is 129 cm³/mol. The molecule has 172 valence electrons. The molecule has 1 aliphatic rings. The van der Waals surface area contributed by atoms with E-state index in [0.717, 1.165) is 48.1 Å². The maximum Gasteiger partial charge on any atom is 0.303 e. The van der Waals surface area contributed by atoms with E-state index in [1.807, 2.05) is 12.1 Å². The molecule has 7 heteroatoms. The molecule has 34 heavy (non-hydrogen) atoms. The highest BCUT2D eigenvalue weighted by atomic mass is 16.4. The van der Waals surface area contributed by atoms with Crippen molar-refractivity contribution in [2.24, 2.45) is 5.92 Å². The average molecular weight is 455 g/mol. The molecule has 1 saturated carbocycles. The summed E-state index contributed by atoms with van der Waals surface area (Å²) in [4.78, 5) is 20.1. The number of aromatic nitrogens is 4. The first-order valence-corrected chi connectivity index (χ1v) is 11.6. The van der Waals surface area contributed by atoms with Crippen molar-refractivity contribution < 1.29 is 15.0 Å². The van der Waals surface area contributed by atoms with Crippen molar-refractivity contribution in [3.05, 3.63) is 72.4 Å². The molecular weight excluding hydrogens is 428 g/mol. The summed E-state index contributed by atoms with van der Waals surface area (Å²) in [5.41, 5.74) is 4.92. The van der Waals surface area contributed by atoms with Crippen molar-refractivity contribution in [2.45, 2.75) is 38.0 Å². The Morgan fingerprint density at radius 1 is 0.882 bits per heavy atom. The summed E-state index contributed by atoms with van der Waals surface area (Å²) in [5, 5.41) is 25.7. The van der Waals surface area contributed by atoms with E-state index in [2.05, 4.69) is 44.4 Å². The van der Waals surface area contributed by atoms with Gasteiger partial charge in [-0.2, -0.15) is 5.10 Å². The molecule has 7 nitrogen and oxygen atoms in total. The monoisotopic (exact) mass is 454 g/mol. The Bertz CT molecular complexity index is 1260. The van der Waals surface area contributed by atoms with Crippen molar-refractivity contribution in [2.75, 3.05) is 0 Å². The second kappa shape index (κ2) is 9.47. The van der Waals surface area contributed by atoms with Crippen LogP contribution in [0.4, 0.5) is 0 Å². The van der Waals surface area contributed by atoms with Gasteiger partial charge < -0.3 is 10.2 Å². The number of H-pyrrole nitrogens is 1. The molecule has 0 aliphatic heterocycles. The Morgan fingerprint density at radius 3 is 2.21 bits per heavy atom. The van der Waals surface area contributed by atoms with E-state index in [0.29, 0.717) is 29.9 Å². The normalized spacial score (nSPS) is 18.0. The number of rotatable bonds is 6. The number of aromatic hydroxyl groups is 1. The van der Waals surface area contributed by atoms with Gasteiger partial charge >= 0.3 is 5.97 Å². The highest BCUT2D eigenvalue weighted by Gasteiger charge is 2.24. The fourth-order valence-electron chi connectivity index (χ4n) is 4.71. The van der Waals surface area contributed by atoms with Gasteiger partial charge in [0.25, 0.3) is 0 Å². The van der Waals surface area contributed by atoms with Gasteiger partial charge in [-0.1, -0.05) is 24.3 Å². The summed E-state index contributed by atoms with van der Waals surface area (Å²) < 4.78 is 0. The molecule has 2 heterocycles. The zero-order valence-corrected chi connectivity index (χ0v) is 18.7. The molecule has 0 spiro atoms. The van der Waals surface area contributed by atoms with Crippen LogP contribution in [0.2, 0.25) is 0 Å².